The number of hydrogen-bond donors (Lipinski definition) is 2. The topological polar surface area (TPSA) is 84.3 Å². The maximum Gasteiger partial charge on any atom is 0.416 e. The zero-order chi connectivity index (χ0) is 14.8. The molecule has 2 heterocycles. The summed E-state index contributed by atoms with van der Waals surface area (Å²) < 4.78 is 23.3. The summed E-state index contributed by atoms with van der Waals surface area (Å²) in [7, 11) is 0. The first-order valence-electron chi connectivity index (χ1n) is 6.53. The maximum atomic E-state index is 13.1. The third-order valence-electron chi connectivity index (χ3n) is 3.31. The van der Waals surface area contributed by atoms with Gasteiger partial charge < -0.3 is 14.5 Å². The van der Waals surface area contributed by atoms with E-state index in [1.165, 1.54) is 12.1 Å². The fraction of sp³-hybridized carbons (Fsp3) is 0.286. The molecular formula is C14H13FN2O4. The summed E-state index contributed by atoms with van der Waals surface area (Å²) in [6.45, 7) is 0.295. The highest BCUT2D eigenvalue weighted by molar-refractivity contribution is 5.91. The average molecular weight is 292 g/mol. The number of ether oxygens (including phenoxy) is 1. The predicted octanol–water partition coefficient (Wildman–Crippen LogP) is 1.23. The van der Waals surface area contributed by atoms with Crippen molar-refractivity contribution in [2.24, 2.45) is 0 Å². The lowest BCUT2D eigenvalue weighted by Gasteiger charge is -2.26. The van der Waals surface area contributed by atoms with Crippen LogP contribution in [-0.4, -0.2) is 23.5 Å². The molecule has 2 N–H and O–H groups in total. The number of benzene rings is 1. The number of halogens is 1. The second kappa shape index (κ2) is 5.43. The van der Waals surface area contributed by atoms with Crippen LogP contribution in [0.3, 0.4) is 0 Å². The van der Waals surface area contributed by atoms with Crippen LogP contribution < -0.4 is 15.8 Å². The number of fused-ring (bicyclic) bond motifs is 1. The SMILES string of the molecule is O=C(NCC1CCc2cc(F)ccc2O1)c1coc(=O)[nH]1. The van der Waals surface area contributed by atoms with E-state index in [1.54, 1.807) is 6.07 Å². The molecule has 0 saturated heterocycles. The monoisotopic (exact) mass is 292 g/mol. The molecule has 6 nitrogen and oxygen atoms in total. The Morgan fingerprint density at radius 3 is 3.10 bits per heavy atom. The summed E-state index contributed by atoms with van der Waals surface area (Å²) in [4.78, 5) is 24.8. The number of aromatic amines is 1. The van der Waals surface area contributed by atoms with Crippen LogP contribution in [0.4, 0.5) is 4.39 Å². The standard InChI is InChI=1S/C14H13FN2O4/c15-9-2-4-12-8(5-9)1-3-10(21-12)6-16-13(18)11-7-20-14(19)17-11/h2,4-5,7,10H,1,3,6H2,(H,16,18)(H,17,19). The molecule has 0 saturated carbocycles. The van der Waals surface area contributed by atoms with Crippen molar-refractivity contribution in [3.05, 3.63) is 52.1 Å². The molecule has 1 aromatic carbocycles. The van der Waals surface area contributed by atoms with Crippen molar-refractivity contribution >= 4 is 5.91 Å². The normalized spacial score (nSPS) is 16.9. The number of carbonyl (C=O) groups excluding carboxylic acids is 1. The molecule has 1 unspecified atom stereocenters. The Morgan fingerprint density at radius 2 is 2.33 bits per heavy atom. The van der Waals surface area contributed by atoms with Crippen molar-refractivity contribution in [2.45, 2.75) is 18.9 Å². The second-order valence-electron chi connectivity index (χ2n) is 4.80. The summed E-state index contributed by atoms with van der Waals surface area (Å²) >= 11 is 0. The number of aryl methyl sites for hydroxylation is 1. The summed E-state index contributed by atoms with van der Waals surface area (Å²) in [5, 5.41) is 2.66. The molecule has 0 fully saturated rings. The van der Waals surface area contributed by atoms with Gasteiger partial charge in [0.05, 0.1) is 6.54 Å². The molecule has 1 atom stereocenters. The van der Waals surface area contributed by atoms with Crippen LogP contribution in [0.5, 0.6) is 5.75 Å². The summed E-state index contributed by atoms with van der Waals surface area (Å²) in [6, 6.07) is 4.39. The molecule has 21 heavy (non-hydrogen) atoms. The largest absolute Gasteiger partial charge is 0.488 e. The Balaban J connectivity index is 1.59. The van der Waals surface area contributed by atoms with Gasteiger partial charge in [0.15, 0.2) is 0 Å². The van der Waals surface area contributed by atoms with Crippen molar-refractivity contribution in [1.29, 1.82) is 0 Å². The molecule has 1 aliphatic heterocycles. The second-order valence-corrected chi connectivity index (χ2v) is 4.80. The van der Waals surface area contributed by atoms with Gasteiger partial charge >= 0.3 is 5.76 Å². The minimum absolute atomic E-state index is 0.0679. The molecule has 1 aromatic heterocycles. The fourth-order valence-electron chi connectivity index (χ4n) is 2.25. The summed E-state index contributed by atoms with van der Waals surface area (Å²) in [6.07, 6.45) is 2.25. The van der Waals surface area contributed by atoms with E-state index in [4.69, 9.17) is 4.74 Å². The number of hydrogen-bond acceptors (Lipinski definition) is 4. The smallest absolute Gasteiger partial charge is 0.416 e. The van der Waals surface area contributed by atoms with E-state index in [0.717, 1.165) is 11.8 Å². The van der Waals surface area contributed by atoms with Crippen molar-refractivity contribution < 1.29 is 18.3 Å². The summed E-state index contributed by atoms with van der Waals surface area (Å²) in [5.74, 6) is -0.758. The minimum atomic E-state index is -0.676. The maximum absolute atomic E-state index is 13.1. The number of aromatic nitrogens is 1. The first kappa shape index (κ1) is 13.4. The van der Waals surface area contributed by atoms with Crippen LogP contribution in [0.2, 0.25) is 0 Å². The van der Waals surface area contributed by atoms with Crippen LogP contribution in [-0.2, 0) is 6.42 Å². The van der Waals surface area contributed by atoms with Crippen LogP contribution >= 0.6 is 0 Å². The van der Waals surface area contributed by atoms with E-state index < -0.39 is 11.7 Å². The third kappa shape index (κ3) is 2.96. The summed E-state index contributed by atoms with van der Waals surface area (Å²) in [5.41, 5.74) is 0.898. The average Bonchev–Trinajstić information content (AvgIpc) is 2.91. The molecule has 3 rings (SSSR count). The zero-order valence-electron chi connectivity index (χ0n) is 11.0. The Morgan fingerprint density at radius 1 is 1.48 bits per heavy atom. The van der Waals surface area contributed by atoms with Crippen LogP contribution in [0.1, 0.15) is 22.5 Å². The van der Waals surface area contributed by atoms with Gasteiger partial charge in [0.1, 0.15) is 29.6 Å². The number of amides is 1. The van der Waals surface area contributed by atoms with E-state index in [9.17, 15) is 14.0 Å². The molecule has 1 amide bonds. The Kier molecular flexibility index (Phi) is 3.47. The molecule has 1 aliphatic rings. The lowest BCUT2D eigenvalue weighted by Crippen LogP contribution is -2.37. The van der Waals surface area contributed by atoms with Crippen LogP contribution in [0.25, 0.3) is 0 Å². The first-order chi connectivity index (χ1) is 10.1. The van der Waals surface area contributed by atoms with E-state index in [0.29, 0.717) is 25.1 Å². The third-order valence-corrected chi connectivity index (χ3v) is 3.31. The molecule has 0 radical (unpaired) electrons. The van der Waals surface area contributed by atoms with Crippen LogP contribution in [0.15, 0.2) is 33.7 Å². The molecule has 110 valence electrons. The Bertz CT molecular complexity index is 722. The molecule has 7 heteroatoms. The first-order valence-corrected chi connectivity index (χ1v) is 6.53. The predicted molar refractivity (Wildman–Crippen MR) is 70.8 cm³/mol. The van der Waals surface area contributed by atoms with E-state index in [1.807, 2.05) is 0 Å². The van der Waals surface area contributed by atoms with Gasteiger partial charge in [-0.1, -0.05) is 0 Å². The minimum Gasteiger partial charge on any atom is -0.488 e. The molecule has 0 bridgehead atoms. The van der Waals surface area contributed by atoms with E-state index in [-0.39, 0.29) is 17.6 Å². The van der Waals surface area contributed by atoms with Gasteiger partial charge in [-0.25, -0.2) is 9.18 Å². The van der Waals surface area contributed by atoms with Gasteiger partial charge in [-0.3, -0.25) is 9.78 Å². The lowest BCUT2D eigenvalue weighted by molar-refractivity contribution is 0.0913. The van der Waals surface area contributed by atoms with E-state index >= 15 is 0 Å². The quantitative estimate of drug-likeness (QED) is 0.891. The lowest BCUT2D eigenvalue weighted by atomic mass is 10.0. The number of oxazole rings is 1. The molecule has 2 aromatic rings. The number of rotatable bonds is 3. The highest BCUT2D eigenvalue weighted by atomic mass is 19.1. The Hall–Kier alpha value is -2.57. The fourth-order valence-corrected chi connectivity index (χ4v) is 2.25. The molecule has 0 spiro atoms. The van der Waals surface area contributed by atoms with Crippen molar-refractivity contribution in [2.75, 3.05) is 6.54 Å². The number of carbonyl (C=O) groups is 1. The Labute approximate surface area is 118 Å². The van der Waals surface area contributed by atoms with Crippen molar-refractivity contribution in [3.63, 3.8) is 0 Å². The molecule has 0 aliphatic carbocycles. The van der Waals surface area contributed by atoms with Crippen LogP contribution in [0, 0.1) is 5.82 Å². The van der Waals surface area contributed by atoms with Gasteiger partial charge in [0.2, 0.25) is 0 Å². The van der Waals surface area contributed by atoms with Gasteiger partial charge in [0, 0.05) is 0 Å². The van der Waals surface area contributed by atoms with Crippen molar-refractivity contribution in [3.8, 4) is 5.75 Å². The number of H-pyrrole nitrogens is 1. The van der Waals surface area contributed by atoms with Gasteiger partial charge in [-0.2, -0.15) is 0 Å². The highest BCUT2D eigenvalue weighted by Crippen LogP contribution is 2.27. The van der Waals surface area contributed by atoms with Gasteiger partial charge in [0.25, 0.3) is 5.91 Å². The van der Waals surface area contributed by atoms with Crippen molar-refractivity contribution in [1.82, 2.24) is 10.3 Å². The molecular weight excluding hydrogens is 279 g/mol. The zero-order valence-corrected chi connectivity index (χ0v) is 11.0. The van der Waals surface area contributed by atoms with Gasteiger partial charge in [-0.05, 0) is 36.6 Å². The van der Waals surface area contributed by atoms with Gasteiger partial charge in [-0.15, -0.1) is 0 Å². The highest BCUT2D eigenvalue weighted by Gasteiger charge is 2.21. The van der Waals surface area contributed by atoms with E-state index in [2.05, 4.69) is 14.7 Å². The number of nitrogens with one attached hydrogen (secondary N) is 2.